The van der Waals surface area contributed by atoms with Crippen LogP contribution in [-0.2, 0) is 10.0 Å². The van der Waals surface area contributed by atoms with E-state index in [2.05, 4.69) is 4.72 Å². The molecule has 0 aliphatic rings. The van der Waals surface area contributed by atoms with Gasteiger partial charge in [0, 0.05) is 12.4 Å². The van der Waals surface area contributed by atoms with Gasteiger partial charge in [0.1, 0.15) is 0 Å². The first-order valence-corrected chi connectivity index (χ1v) is 6.73. The maximum Gasteiger partial charge on any atom is 0.211 e. The molecule has 0 aromatic carbocycles. The number of halogens is 1. The third-order valence-electron chi connectivity index (χ3n) is 1.90. The molecule has 0 aromatic heterocycles. The van der Waals surface area contributed by atoms with E-state index in [1.165, 1.54) is 0 Å². The SMILES string of the molecule is CCC(C)CNS(=O)(=O)CCCCl. The van der Waals surface area contributed by atoms with Crippen LogP contribution in [0.1, 0.15) is 26.7 Å². The Hall–Kier alpha value is 0.200. The number of nitrogens with one attached hydrogen (secondary N) is 1. The van der Waals surface area contributed by atoms with E-state index >= 15 is 0 Å². The maximum atomic E-state index is 11.2. The molecule has 0 aliphatic heterocycles. The molecule has 0 bridgehead atoms. The number of sulfonamides is 1. The van der Waals surface area contributed by atoms with Gasteiger partial charge < -0.3 is 0 Å². The van der Waals surface area contributed by atoms with Crippen molar-refractivity contribution in [1.29, 1.82) is 0 Å². The Balaban J connectivity index is 3.76. The van der Waals surface area contributed by atoms with E-state index in [1.807, 2.05) is 13.8 Å². The molecule has 1 N–H and O–H groups in total. The van der Waals surface area contributed by atoms with Crippen LogP contribution in [0.3, 0.4) is 0 Å². The van der Waals surface area contributed by atoms with Crippen molar-refractivity contribution in [2.45, 2.75) is 26.7 Å². The van der Waals surface area contributed by atoms with Crippen LogP contribution >= 0.6 is 11.6 Å². The van der Waals surface area contributed by atoms with Crippen LogP contribution in [0.25, 0.3) is 0 Å². The fraction of sp³-hybridized carbons (Fsp3) is 1.00. The zero-order valence-electron chi connectivity index (χ0n) is 8.22. The van der Waals surface area contributed by atoms with E-state index in [1.54, 1.807) is 0 Å². The van der Waals surface area contributed by atoms with Crippen LogP contribution in [0, 0.1) is 5.92 Å². The van der Waals surface area contributed by atoms with Gasteiger partial charge in [0.25, 0.3) is 0 Å². The molecule has 0 fully saturated rings. The summed E-state index contributed by atoms with van der Waals surface area (Å²) in [7, 11) is -3.08. The Bertz CT molecular complexity index is 216. The first-order valence-electron chi connectivity index (χ1n) is 4.55. The molecule has 0 aliphatic carbocycles. The highest BCUT2D eigenvalue weighted by Crippen LogP contribution is 1.99. The molecule has 13 heavy (non-hydrogen) atoms. The molecule has 80 valence electrons. The third kappa shape index (κ3) is 7.28. The van der Waals surface area contributed by atoms with E-state index < -0.39 is 10.0 Å². The fourth-order valence-electron chi connectivity index (χ4n) is 0.730. The van der Waals surface area contributed by atoms with Crippen molar-refractivity contribution in [3.63, 3.8) is 0 Å². The predicted molar refractivity (Wildman–Crippen MR) is 56.6 cm³/mol. The predicted octanol–water partition coefficient (Wildman–Crippen LogP) is 1.58. The van der Waals surface area contributed by atoms with Gasteiger partial charge in [-0.15, -0.1) is 11.6 Å². The van der Waals surface area contributed by atoms with E-state index in [0.717, 1.165) is 6.42 Å². The lowest BCUT2D eigenvalue weighted by molar-refractivity contribution is 0.528. The van der Waals surface area contributed by atoms with Gasteiger partial charge in [-0.2, -0.15) is 0 Å². The number of hydrogen-bond donors (Lipinski definition) is 1. The van der Waals surface area contributed by atoms with Crippen LogP contribution in [-0.4, -0.2) is 26.6 Å². The minimum absolute atomic E-state index is 0.132. The van der Waals surface area contributed by atoms with Crippen LogP contribution in [0.2, 0.25) is 0 Å². The summed E-state index contributed by atoms with van der Waals surface area (Å²) in [6.45, 7) is 4.59. The molecule has 0 aromatic rings. The highest BCUT2D eigenvalue weighted by molar-refractivity contribution is 7.89. The summed E-state index contributed by atoms with van der Waals surface area (Å²) < 4.78 is 25.0. The summed E-state index contributed by atoms with van der Waals surface area (Å²) in [5, 5.41) is 0. The normalized spacial score (nSPS) is 14.4. The largest absolute Gasteiger partial charge is 0.215 e. The molecular formula is C8H18ClNO2S. The van der Waals surface area contributed by atoms with Crippen molar-refractivity contribution in [3.05, 3.63) is 0 Å². The molecule has 0 spiro atoms. The summed E-state index contributed by atoms with van der Waals surface area (Å²) in [4.78, 5) is 0. The average molecular weight is 228 g/mol. The van der Waals surface area contributed by atoms with E-state index in [-0.39, 0.29) is 5.75 Å². The maximum absolute atomic E-state index is 11.2. The lowest BCUT2D eigenvalue weighted by atomic mass is 10.1. The molecule has 3 nitrogen and oxygen atoms in total. The smallest absolute Gasteiger partial charge is 0.211 e. The molecule has 0 radical (unpaired) electrons. The van der Waals surface area contributed by atoms with Crippen LogP contribution in [0.4, 0.5) is 0 Å². The minimum Gasteiger partial charge on any atom is -0.215 e. The van der Waals surface area contributed by atoms with Gasteiger partial charge in [0.05, 0.1) is 5.75 Å². The number of alkyl halides is 1. The highest BCUT2D eigenvalue weighted by Gasteiger charge is 2.10. The Labute approximate surface area is 85.9 Å². The summed E-state index contributed by atoms with van der Waals surface area (Å²) >= 11 is 5.41. The van der Waals surface area contributed by atoms with Crippen LogP contribution in [0.5, 0.6) is 0 Å². The van der Waals surface area contributed by atoms with Gasteiger partial charge in [-0.05, 0) is 12.3 Å². The van der Waals surface area contributed by atoms with Gasteiger partial charge in [-0.1, -0.05) is 20.3 Å². The number of hydrogen-bond acceptors (Lipinski definition) is 2. The summed E-state index contributed by atoms with van der Waals surface area (Å²) in [6.07, 6.45) is 1.50. The fourth-order valence-corrected chi connectivity index (χ4v) is 2.23. The second-order valence-electron chi connectivity index (χ2n) is 3.22. The van der Waals surface area contributed by atoms with Crippen molar-refractivity contribution >= 4 is 21.6 Å². The van der Waals surface area contributed by atoms with E-state index in [0.29, 0.717) is 24.8 Å². The molecule has 1 atom stereocenters. The standard InChI is InChI=1S/C8H18ClNO2S/c1-3-8(2)7-10-13(11,12)6-4-5-9/h8,10H,3-7H2,1-2H3. The highest BCUT2D eigenvalue weighted by atomic mass is 35.5. The Morgan fingerprint density at radius 1 is 1.46 bits per heavy atom. The molecule has 0 amide bonds. The molecule has 5 heteroatoms. The van der Waals surface area contributed by atoms with Crippen LogP contribution in [0.15, 0.2) is 0 Å². The van der Waals surface area contributed by atoms with Crippen molar-refractivity contribution in [2.75, 3.05) is 18.2 Å². The van der Waals surface area contributed by atoms with E-state index in [4.69, 9.17) is 11.6 Å². The topological polar surface area (TPSA) is 46.2 Å². The van der Waals surface area contributed by atoms with E-state index in [9.17, 15) is 8.42 Å². The average Bonchev–Trinajstić information content (AvgIpc) is 2.11. The summed E-state index contributed by atoms with van der Waals surface area (Å²) in [5.41, 5.74) is 0. The van der Waals surface area contributed by atoms with Gasteiger partial charge in [0.15, 0.2) is 0 Å². The summed E-state index contributed by atoms with van der Waals surface area (Å²) in [6, 6.07) is 0. The van der Waals surface area contributed by atoms with Crippen molar-refractivity contribution in [3.8, 4) is 0 Å². The van der Waals surface area contributed by atoms with Gasteiger partial charge >= 0.3 is 0 Å². The lowest BCUT2D eigenvalue weighted by Crippen LogP contribution is -2.30. The molecule has 1 unspecified atom stereocenters. The second kappa shape index (κ2) is 6.62. The first kappa shape index (κ1) is 13.2. The van der Waals surface area contributed by atoms with Crippen molar-refractivity contribution in [2.24, 2.45) is 5.92 Å². The monoisotopic (exact) mass is 227 g/mol. The third-order valence-corrected chi connectivity index (χ3v) is 3.60. The van der Waals surface area contributed by atoms with Crippen LogP contribution < -0.4 is 4.72 Å². The Kier molecular flexibility index (Phi) is 6.73. The minimum atomic E-state index is -3.08. The molecule has 0 saturated heterocycles. The zero-order chi connectivity index (χ0) is 10.3. The lowest BCUT2D eigenvalue weighted by Gasteiger charge is -2.09. The summed E-state index contributed by atoms with van der Waals surface area (Å²) in [5.74, 6) is 0.919. The van der Waals surface area contributed by atoms with Gasteiger partial charge in [-0.25, -0.2) is 13.1 Å². The number of rotatable bonds is 7. The van der Waals surface area contributed by atoms with Crippen molar-refractivity contribution < 1.29 is 8.42 Å². The molecular weight excluding hydrogens is 210 g/mol. The quantitative estimate of drug-likeness (QED) is 0.672. The Morgan fingerprint density at radius 2 is 2.08 bits per heavy atom. The van der Waals surface area contributed by atoms with Crippen molar-refractivity contribution in [1.82, 2.24) is 4.72 Å². The molecule has 0 saturated carbocycles. The van der Waals surface area contributed by atoms with Gasteiger partial charge in [-0.3, -0.25) is 0 Å². The second-order valence-corrected chi connectivity index (χ2v) is 5.53. The molecule has 0 rings (SSSR count). The Morgan fingerprint density at radius 3 is 2.54 bits per heavy atom. The van der Waals surface area contributed by atoms with Gasteiger partial charge in [0.2, 0.25) is 10.0 Å². The first-order chi connectivity index (χ1) is 6.02. The molecule has 0 heterocycles. The zero-order valence-corrected chi connectivity index (χ0v) is 9.79.